The van der Waals surface area contributed by atoms with Crippen LogP contribution in [0, 0.1) is 24.2 Å². The van der Waals surface area contributed by atoms with Crippen molar-refractivity contribution >= 4 is 22.7 Å². The van der Waals surface area contributed by atoms with Crippen LogP contribution in [0.15, 0.2) is 40.1 Å². The first-order chi connectivity index (χ1) is 18.9. The third-order valence-electron chi connectivity index (χ3n) is 9.25. The third-order valence-corrected chi connectivity index (χ3v) is 9.25. The fourth-order valence-corrected chi connectivity index (χ4v) is 7.21. The summed E-state index contributed by atoms with van der Waals surface area (Å²) in [6.45, 7) is 6.52. The fourth-order valence-electron chi connectivity index (χ4n) is 7.21. The molecule has 0 aliphatic heterocycles. The summed E-state index contributed by atoms with van der Waals surface area (Å²) in [6, 6.07) is 9.86. The van der Waals surface area contributed by atoms with Gasteiger partial charge in [-0.1, -0.05) is 24.2 Å². The highest BCUT2D eigenvalue weighted by atomic mass is 16.6. The molecule has 0 bridgehead atoms. The molecule has 1 aromatic heterocycles. The standard InChI is InChI=1S/C30H35N3O6/c1-4-36-29(35)16-37-27-14-22-20(11-17(27)2)19-9-10-30(3)23(6-8-28(30)34)21(19)13-25(22)31-38-15-18-5-7-24-26(12-18)33-39-32-24/h5,7,11-12,14,19,21,23,28,34H,4,6,8-10,13,15-16H2,1-3H3/b31-25+. The van der Waals surface area contributed by atoms with E-state index >= 15 is 0 Å². The Morgan fingerprint density at radius 3 is 2.87 bits per heavy atom. The Labute approximate surface area is 227 Å². The molecule has 3 aliphatic carbocycles. The zero-order chi connectivity index (χ0) is 27.1. The molecule has 39 heavy (non-hydrogen) atoms. The molecule has 0 saturated heterocycles. The van der Waals surface area contributed by atoms with Crippen LogP contribution in [0.5, 0.6) is 5.75 Å². The van der Waals surface area contributed by atoms with E-state index in [1.807, 2.05) is 31.2 Å². The van der Waals surface area contributed by atoms with E-state index in [2.05, 4.69) is 28.5 Å². The highest BCUT2D eigenvalue weighted by Crippen LogP contribution is 2.61. The van der Waals surface area contributed by atoms with Gasteiger partial charge in [0, 0.05) is 5.56 Å². The highest BCUT2D eigenvalue weighted by molar-refractivity contribution is 6.03. The van der Waals surface area contributed by atoms with Gasteiger partial charge < -0.3 is 19.4 Å². The quantitative estimate of drug-likeness (QED) is 0.331. The zero-order valence-corrected chi connectivity index (χ0v) is 22.7. The molecule has 6 rings (SSSR count). The van der Waals surface area contributed by atoms with Crippen LogP contribution in [0.25, 0.3) is 11.0 Å². The van der Waals surface area contributed by atoms with Gasteiger partial charge in [-0.3, -0.25) is 0 Å². The minimum absolute atomic E-state index is 0.0522. The molecule has 0 radical (unpaired) electrons. The average molecular weight is 534 g/mol. The van der Waals surface area contributed by atoms with E-state index in [-0.39, 0.29) is 24.7 Å². The third kappa shape index (κ3) is 4.67. The normalized spacial score (nSPS) is 28.6. The van der Waals surface area contributed by atoms with Crippen molar-refractivity contribution in [3.05, 3.63) is 52.6 Å². The molecule has 3 aromatic rings. The lowest BCUT2D eigenvalue weighted by atomic mass is 9.55. The summed E-state index contributed by atoms with van der Waals surface area (Å²) in [7, 11) is 0. The van der Waals surface area contributed by atoms with E-state index in [1.54, 1.807) is 6.92 Å². The van der Waals surface area contributed by atoms with E-state index in [9.17, 15) is 9.90 Å². The van der Waals surface area contributed by atoms with Crippen LogP contribution in [-0.2, 0) is 21.0 Å². The van der Waals surface area contributed by atoms with Gasteiger partial charge in [0.1, 0.15) is 23.4 Å². The van der Waals surface area contributed by atoms with Crippen LogP contribution < -0.4 is 4.74 Å². The topological polar surface area (TPSA) is 116 Å². The lowest BCUT2D eigenvalue weighted by Crippen LogP contribution is -2.45. The largest absolute Gasteiger partial charge is 0.482 e. The summed E-state index contributed by atoms with van der Waals surface area (Å²) >= 11 is 0. The summed E-state index contributed by atoms with van der Waals surface area (Å²) < 4.78 is 15.7. The van der Waals surface area contributed by atoms with Crippen molar-refractivity contribution in [2.24, 2.45) is 22.4 Å². The van der Waals surface area contributed by atoms with Crippen molar-refractivity contribution < 1.29 is 28.8 Å². The number of hydrogen-bond donors (Lipinski definition) is 1. The molecule has 206 valence electrons. The number of hydrogen-bond acceptors (Lipinski definition) is 9. The minimum Gasteiger partial charge on any atom is -0.482 e. The Morgan fingerprint density at radius 1 is 1.18 bits per heavy atom. The SMILES string of the molecule is CCOC(=O)COc1cc2c(cc1C)C1CCC3(C)C(O)CCC3C1C/C2=N\OCc1ccc2nonc2c1. The van der Waals surface area contributed by atoms with E-state index in [4.69, 9.17) is 18.9 Å². The highest BCUT2D eigenvalue weighted by Gasteiger charge is 2.55. The predicted molar refractivity (Wildman–Crippen MR) is 143 cm³/mol. The summed E-state index contributed by atoms with van der Waals surface area (Å²) in [6.07, 6.45) is 4.47. The van der Waals surface area contributed by atoms with Crippen LogP contribution in [0.1, 0.15) is 74.1 Å². The second-order valence-corrected chi connectivity index (χ2v) is 11.4. The monoisotopic (exact) mass is 533 g/mol. The maximum absolute atomic E-state index is 11.9. The molecule has 3 aliphatic rings. The van der Waals surface area contributed by atoms with Crippen LogP contribution >= 0.6 is 0 Å². The maximum Gasteiger partial charge on any atom is 0.344 e. The lowest BCUT2D eigenvalue weighted by Gasteiger charge is -2.50. The number of nitrogens with zero attached hydrogens (tertiary/aromatic N) is 3. The molecule has 9 nitrogen and oxygen atoms in total. The Morgan fingerprint density at radius 2 is 2.03 bits per heavy atom. The van der Waals surface area contributed by atoms with Crippen LogP contribution in [0.2, 0.25) is 0 Å². The molecular formula is C30H35N3O6. The molecule has 2 fully saturated rings. The fraction of sp³-hybridized carbons (Fsp3) is 0.533. The molecular weight excluding hydrogens is 498 g/mol. The van der Waals surface area contributed by atoms with Gasteiger partial charge in [-0.05, 0) is 114 Å². The first-order valence-electron chi connectivity index (χ1n) is 13.9. The summed E-state index contributed by atoms with van der Waals surface area (Å²) in [5.41, 5.74) is 6.37. The van der Waals surface area contributed by atoms with Crippen molar-refractivity contribution in [3.8, 4) is 5.75 Å². The second-order valence-electron chi connectivity index (χ2n) is 11.4. The lowest BCUT2D eigenvalue weighted by molar-refractivity contribution is -0.145. The molecule has 0 amide bonds. The Kier molecular flexibility index (Phi) is 6.79. The smallest absolute Gasteiger partial charge is 0.344 e. The van der Waals surface area contributed by atoms with Crippen molar-refractivity contribution in [2.75, 3.05) is 13.2 Å². The second kappa shape index (κ2) is 10.3. The molecule has 2 saturated carbocycles. The average Bonchev–Trinajstić information content (AvgIpc) is 3.51. The Balaban J connectivity index is 1.31. The number of carbonyl (C=O) groups excluding carboxylic acids is 1. The summed E-state index contributed by atoms with van der Waals surface area (Å²) in [4.78, 5) is 17.9. The van der Waals surface area contributed by atoms with Gasteiger partial charge in [0.05, 0.1) is 18.4 Å². The van der Waals surface area contributed by atoms with Gasteiger partial charge in [0.2, 0.25) is 0 Å². The Hall–Kier alpha value is -3.46. The molecule has 2 aromatic carbocycles. The summed E-state index contributed by atoms with van der Waals surface area (Å²) in [5, 5.41) is 23.3. The van der Waals surface area contributed by atoms with E-state index in [1.165, 1.54) is 5.56 Å². The number of fused-ring (bicyclic) bond motifs is 6. The predicted octanol–water partition coefficient (Wildman–Crippen LogP) is 5.07. The van der Waals surface area contributed by atoms with Crippen LogP contribution in [-0.4, -0.2) is 46.4 Å². The first-order valence-corrected chi connectivity index (χ1v) is 13.9. The number of esters is 1. The van der Waals surface area contributed by atoms with Gasteiger partial charge >= 0.3 is 5.97 Å². The van der Waals surface area contributed by atoms with Gasteiger partial charge in [0.25, 0.3) is 0 Å². The number of oxime groups is 1. The zero-order valence-electron chi connectivity index (χ0n) is 22.7. The molecule has 5 atom stereocenters. The number of benzene rings is 2. The number of ether oxygens (including phenoxy) is 2. The number of aryl methyl sites for hydroxylation is 1. The van der Waals surface area contributed by atoms with Gasteiger partial charge in [-0.25, -0.2) is 9.42 Å². The van der Waals surface area contributed by atoms with Gasteiger partial charge in [0.15, 0.2) is 6.61 Å². The van der Waals surface area contributed by atoms with Crippen molar-refractivity contribution in [1.82, 2.24) is 10.3 Å². The van der Waals surface area contributed by atoms with Crippen LogP contribution in [0.3, 0.4) is 0 Å². The summed E-state index contributed by atoms with van der Waals surface area (Å²) in [5.74, 6) is 1.47. The van der Waals surface area contributed by atoms with Crippen molar-refractivity contribution in [3.63, 3.8) is 0 Å². The van der Waals surface area contributed by atoms with E-state index < -0.39 is 5.97 Å². The van der Waals surface area contributed by atoms with E-state index in [0.717, 1.165) is 54.5 Å². The molecule has 5 unspecified atom stereocenters. The molecule has 1 heterocycles. The number of carbonyl (C=O) groups is 1. The van der Waals surface area contributed by atoms with Gasteiger partial charge in [-0.15, -0.1) is 0 Å². The number of aliphatic hydroxyl groups excluding tert-OH is 1. The molecule has 1 N–H and O–H groups in total. The molecule has 0 spiro atoms. The van der Waals surface area contributed by atoms with Gasteiger partial charge in [-0.2, -0.15) is 0 Å². The van der Waals surface area contributed by atoms with Crippen molar-refractivity contribution in [2.45, 2.75) is 71.5 Å². The van der Waals surface area contributed by atoms with Crippen LogP contribution in [0.4, 0.5) is 0 Å². The maximum atomic E-state index is 11.9. The van der Waals surface area contributed by atoms with E-state index in [0.29, 0.717) is 41.1 Å². The number of aliphatic hydroxyl groups is 1. The minimum atomic E-state index is -0.391. The Bertz CT molecular complexity index is 1420. The van der Waals surface area contributed by atoms with Crippen molar-refractivity contribution in [1.29, 1.82) is 0 Å². The molecule has 9 heteroatoms. The number of rotatable bonds is 7. The number of aromatic nitrogens is 2. The first kappa shape index (κ1) is 25.8.